The summed E-state index contributed by atoms with van der Waals surface area (Å²) < 4.78 is 126. The molecule has 462 valence electrons. The van der Waals surface area contributed by atoms with Crippen LogP contribution in [0.4, 0.5) is 59.5 Å². The average Bonchev–Trinajstić information content (AvgIpc) is 3.24. The molecule has 4 aromatic rings. The molecule has 0 atom stereocenters. The van der Waals surface area contributed by atoms with Gasteiger partial charge in [-0.05, 0) is 81.4 Å². The van der Waals surface area contributed by atoms with Crippen LogP contribution in [0.15, 0.2) is 36.7 Å². The van der Waals surface area contributed by atoms with Gasteiger partial charge in [0.25, 0.3) is 0 Å². The van der Waals surface area contributed by atoms with E-state index in [0.29, 0.717) is 108 Å². The molecule has 0 unspecified atom stereocenters. The number of hydrogen-bond acceptors (Lipinski definition) is 20. The van der Waals surface area contributed by atoms with Crippen LogP contribution in [-0.2, 0) is 40.6 Å². The number of carbonyl (C=O) groups is 2. The fourth-order valence-corrected chi connectivity index (χ4v) is 9.14. The van der Waals surface area contributed by atoms with Crippen molar-refractivity contribution in [1.29, 1.82) is 0 Å². The van der Waals surface area contributed by atoms with Gasteiger partial charge < -0.3 is 68.8 Å². The molecule has 9 rings (SSSR count). The Morgan fingerprint density at radius 2 is 1.00 bits per heavy atom. The highest BCUT2D eigenvalue weighted by Gasteiger charge is 2.54. The first kappa shape index (κ1) is 65.1. The Morgan fingerprint density at radius 1 is 0.595 bits per heavy atom. The van der Waals surface area contributed by atoms with E-state index in [-0.39, 0.29) is 64.6 Å². The number of piperidine rings is 2. The van der Waals surface area contributed by atoms with Crippen LogP contribution in [0.2, 0.25) is 5.15 Å². The minimum absolute atomic E-state index is 0.0211. The molecule has 0 saturated carbocycles. The Morgan fingerprint density at radius 3 is 1.43 bits per heavy atom. The maximum atomic E-state index is 13.8. The summed E-state index contributed by atoms with van der Waals surface area (Å²) in [7, 11) is -1.12. The largest absolute Gasteiger partial charge is 0.497 e. The zero-order valence-electron chi connectivity index (χ0n) is 48.9. The second kappa shape index (κ2) is 26.5. The highest BCUT2D eigenvalue weighted by molar-refractivity contribution is 6.62. The van der Waals surface area contributed by atoms with Crippen molar-refractivity contribution in [2.24, 2.45) is 0 Å². The molecule has 30 heteroatoms. The number of likely N-dealkylation sites (tertiary alicyclic amines) is 2. The van der Waals surface area contributed by atoms with E-state index in [0.717, 1.165) is 37.6 Å². The summed E-state index contributed by atoms with van der Waals surface area (Å²) in [6.45, 7) is 24.8. The zero-order valence-corrected chi connectivity index (χ0v) is 49.6. The third-order valence-electron chi connectivity index (χ3n) is 14.0. The predicted molar refractivity (Wildman–Crippen MR) is 300 cm³/mol. The Balaban J connectivity index is 0.000000190. The van der Waals surface area contributed by atoms with Crippen LogP contribution < -0.4 is 36.2 Å². The van der Waals surface area contributed by atoms with Crippen molar-refractivity contribution in [3.63, 3.8) is 0 Å². The second-order valence-corrected chi connectivity index (χ2v) is 23.8. The van der Waals surface area contributed by atoms with Gasteiger partial charge >= 0.3 is 31.7 Å². The SMILES string of the molecule is CC(C)(C)OC(=O)N1CCC(Oc2cc(-c3cnc(N)cc3C(F)(F)F)nc(N3CCOCC3)n2)CC1.CC(C)(C)OC(=O)N1CCC(Oc2cc(Cl)nc(N3CCOCC3)n2)CC1.CC1(C)OB(c2cnc(N)cc2C(F)(F)F)OC1(C)C. The summed E-state index contributed by atoms with van der Waals surface area (Å²) in [5.74, 6) is 0.975. The molecule has 0 aliphatic carbocycles. The van der Waals surface area contributed by atoms with Gasteiger partial charge in [0, 0.05) is 114 Å². The van der Waals surface area contributed by atoms with Gasteiger partial charge in [-0.25, -0.2) is 29.5 Å². The lowest BCUT2D eigenvalue weighted by Gasteiger charge is -2.33. The van der Waals surface area contributed by atoms with Gasteiger partial charge in [-0.2, -0.15) is 36.3 Å². The minimum Gasteiger partial charge on any atom is -0.474 e. The average molecular weight is 1210 g/mol. The third-order valence-corrected chi connectivity index (χ3v) is 14.2. The van der Waals surface area contributed by atoms with Gasteiger partial charge in [0.05, 0.1) is 54.5 Å². The van der Waals surface area contributed by atoms with Gasteiger partial charge in [-0.3, -0.25) is 0 Å². The molecule has 0 spiro atoms. The van der Waals surface area contributed by atoms with Crippen molar-refractivity contribution in [3.05, 3.63) is 52.9 Å². The first-order valence-electron chi connectivity index (χ1n) is 27.5. The highest BCUT2D eigenvalue weighted by atomic mass is 35.5. The summed E-state index contributed by atoms with van der Waals surface area (Å²) in [4.78, 5) is 57.0. The fourth-order valence-electron chi connectivity index (χ4n) is 8.97. The molecular formula is C54H74BClF6N12O10. The molecule has 84 heavy (non-hydrogen) atoms. The third kappa shape index (κ3) is 18.1. The topological polar surface area (TPSA) is 250 Å². The number of amides is 2. The van der Waals surface area contributed by atoms with Crippen LogP contribution in [0.1, 0.15) is 106 Å². The summed E-state index contributed by atoms with van der Waals surface area (Å²) in [6.07, 6.45) is -5.60. The molecule has 0 bridgehead atoms. The van der Waals surface area contributed by atoms with E-state index in [1.165, 1.54) is 6.07 Å². The number of halogens is 7. The molecule has 4 aromatic heterocycles. The van der Waals surface area contributed by atoms with E-state index in [1.54, 1.807) is 64.3 Å². The van der Waals surface area contributed by atoms with Gasteiger partial charge in [-0.1, -0.05) is 11.6 Å². The van der Waals surface area contributed by atoms with Crippen LogP contribution in [0, 0.1) is 0 Å². The van der Waals surface area contributed by atoms with E-state index in [4.69, 9.17) is 60.8 Å². The van der Waals surface area contributed by atoms with Crippen LogP contribution in [0.25, 0.3) is 11.3 Å². The lowest BCUT2D eigenvalue weighted by molar-refractivity contribution is -0.137. The highest BCUT2D eigenvalue weighted by Crippen LogP contribution is 2.40. The fraction of sp³-hybridized carbons (Fsp3) is 0.630. The lowest BCUT2D eigenvalue weighted by Crippen LogP contribution is -2.44. The van der Waals surface area contributed by atoms with Crippen LogP contribution >= 0.6 is 11.6 Å². The molecule has 5 saturated heterocycles. The van der Waals surface area contributed by atoms with Gasteiger partial charge in [0.2, 0.25) is 23.7 Å². The monoisotopic (exact) mass is 1210 g/mol. The number of carbonyl (C=O) groups excluding carboxylic acids is 2. The number of aromatic nitrogens is 6. The summed E-state index contributed by atoms with van der Waals surface area (Å²) in [6, 6.07) is 4.59. The summed E-state index contributed by atoms with van der Waals surface area (Å²) in [5.41, 5.74) is 6.17. The molecule has 0 radical (unpaired) electrons. The maximum Gasteiger partial charge on any atom is 0.497 e. The molecule has 5 aliphatic heterocycles. The van der Waals surface area contributed by atoms with Gasteiger partial charge in [0.1, 0.15) is 40.2 Å². The molecular weight excluding hydrogens is 1140 g/mol. The number of anilines is 4. The standard InChI is InChI=1S/C24H31F3N6O4.C18H27ClN4O4.C12H16BF3N2O2/c1-23(2,3)37-22(34)33-6-4-15(5-7-33)36-20-13-18(30-21(31-20)32-8-10-35-11-9-32)16-14-29-19(28)12-17(16)24(25,26)27;1-18(2,3)27-17(24)23-6-4-13(5-7-23)26-15-12-14(19)20-16(21-15)22-8-10-25-11-9-22;1-10(2)11(3,4)20-13(19-10)8-6-18-9(17)5-7(8)12(14,15)16/h12-15H,4-11H2,1-3H3,(H2,28,29);12-13H,4-11H2,1-3H3;5-6H,1-4H3,(H2,17,18). The Bertz CT molecular complexity index is 2880. The van der Waals surface area contributed by atoms with Crippen LogP contribution in [0.5, 0.6) is 11.8 Å². The predicted octanol–water partition coefficient (Wildman–Crippen LogP) is 8.48. The van der Waals surface area contributed by atoms with Crippen LogP contribution in [-0.4, -0.2) is 172 Å². The Kier molecular flexibility index (Phi) is 20.5. The Hall–Kier alpha value is -6.43. The molecule has 22 nitrogen and oxygen atoms in total. The number of hydrogen-bond donors (Lipinski definition) is 2. The number of nitrogens with two attached hydrogens (primary N) is 2. The first-order valence-corrected chi connectivity index (χ1v) is 27.9. The number of alkyl halides is 6. The molecule has 4 N–H and O–H groups in total. The number of morpholine rings is 2. The van der Waals surface area contributed by atoms with Crippen molar-refractivity contribution in [2.75, 3.05) is 100 Å². The van der Waals surface area contributed by atoms with Crippen molar-refractivity contribution < 1.29 is 73.7 Å². The van der Waals surface area contributed by atoms with E-state index >= 15 is 0 Å². The quantitative estimate of drug-likeness (QED) is 0.0953. The molecule has 2 amide bonds. The van der Waals surface area contributed by atoms with E-state index in [9.17, 15) is 35.9 Å². The summed E-state index contributed by atoms with van der Waals surface area (Å²) in [5, 5.41) is 0.354. The molecule has 0 aromatic carbocycles. The maximum absolute atomic E-state index is 13.8. The number of pyridine rings is 2. The number of nitrogen functional groups attached to an aromatic ring is 2. The van der Waals surface area contributed by atoms with Crippen molar-refractivity contribution >= 4 is 59.9 Å². The molecule has 9 heterocycles. The lowest BCUT2D eigenvalue weighted by atomic mass is 9.77. The summed E-state index contributed by atoms with van der Waals surface area (Å²) >= 11 is 6.15. The van der Waals surface area contributed by atoms with Gasteiger partial charge in [-0.15, -0.1) is 0 Å². The zero-order chi connectivity index (χ0) is 61.6. The van der Waals surface area contributed by atoms with Crippen molar-refractivity contribution in [3.8, 4) is 23.0 Å². The first-order chi connectivity index (χ1) is 39.1. The molecule has 5 aliphatic rings. The molecule has 5 fully saturated rings. The minimum atomic E-state index is -4.66. The smallest absolute Gasteiger partial charge is 0.474 e. The van der Waals surface area contributed by atoms with Gasteiger partial charge in [0.15, 0.2) is 0 Å². The van der Waals surface area contributed by atoms with E-state index in [1.807, 2.05) is 30.6 Å². The second-order valence-electron chi connectivity index (χ2n) is 23.4. The number of nitrogens with zero attached hydrogens (tertiary/aromatic N) is 10. The van der Waals surface area contributed by atoms with Crippen LogP contribution in [0.3, 0.4) is 0 Å². The van der Waals surface area contributed by atoms with E-state index in [2.05, 4.69) is 29.9 Å². The van der Waals surface area contributed by atoms with E-state index < -0.39 is 53.0 Å². The van der Waals surface area contributed by atoms with Crippen molar-refractivity contribution in [1.82, 2.24) is 39.7 Å². The normalized spacial score (nSPS) is 18.9. The number of ether oxygens (including phenoxy) is 6. The Labute approximate surface area is 489 Å². The number of rotatable bonds is 8. The van der Waals surface area contributed by atoms with Crippen molar-refractivity contribution in [2.45, 2.75) is 142 Å².